The van der Waals surface area contributed by atoms with E-state index >= 15 is 0 Å². The summed E-state index contributed by atoms with van der Waals surface area (Å²) in [5.41, 5.74) is 0. The summed E-state index contributed by atoms with van der Waals surface area (Å²) in [6.07, 6.45) is 7.60. The van der Waals surface area contributed by atoms with Crippen LogP contribution in [0.5, 0.6) is 0 Å². The van der Waals surface area contributed by atoms with Crippen molar-refractivity contribution in [2.24, 2.45) is 5.92 Å². The van der Waals surface area contributed by atoms with Gasteiger partial charge in [-0.25, -0.2) is 4.79 Å². The highest BCUT2D eigenvalue weighted by molar-refractivity contribution is 5.73. The van der Waals surface area contributed by atoms with Crippen molar-refractivity contribution in [1.29, 1.82) is 0 Å². The summed E-state index contributed by atoms with van der Waals surface area (Å²) in [6.45, 7) is 1.37. The second kappa shape index (κ2) is 8.78. The highest BCUT2D eigenvalue weighted by Crippen LogP contribution is 2.33. The van der Waals surface area contributed by atoms with Gasteiger partial charge in [0, 0.05) is 19.5 Å². The smallest absolute Gasteiger partial charge is 0.314 e. The van der Waals surface area contributed by atoms with Crippen molar-refractivity contribution in [2.75, 3.05) is 13.1 Å². The summed E-state index contributed by atoms with van der Waals surface area (Å²) < 4.78 is 0. The first-order valence-electron chi connectivity index (χ1n) is 6.92. The van der Waals surface area contributed by atoms with E-state index in [-0.39, 0.29) is 12.5 Å². The average molecular weight is 256 g/mol. The molecule has 0 aromatic carbocycles. The Bertz CT molecular complexity index is 265. The van der Waals surface area contributed by atoms with E-state index in [0.717, 1.165) is 31.7 Å². The Morgan fingerprint density at radius 2 is 1.67 bits per heavy atom. The van der Waals surface area contributed by atoms with Gasteiger partial charge in [-0.15, -0.1) is 0 Å². The first-order valence-corrected chi connectivity index (χ1v) is 6.92. The minimum Gasteiger partial charge on any atom is -0.481 e. The quantitative estimate of drug-likeness (QED) is 0.524. The van der Waals surface area contributed by atoms with Crippen molar-refractivity contribution in [1.82, 2.24) is 10.6 Å². The lowest BCUT2D eigenvalue weighted by Gasteiger charge is -2.07. The summed E-state index contributed by atoms with van der Waals surface area (Å²) in [7, 11) is 0. The van der Waals surface area contributed by atoms with Crippen molar-refractivity contribution >= 4 is 12.0 Å². The Morgan fingerprint density at radius 1 is 1.00 bits per heavy atom. The average Bonchev–Trinajstić information content (AvgIpc) is 3.13. The van der Waals surface area contributed by atoms with Gasteiger partial charge < -0.3 is 15.7 Å². The van der Waals surface area contributed by atoms with Gasteiger partial charge in [0.1, 0.15) is 0 Å². The minimum atomic E-state index is -0.753. The molecule has 18 heavy (non-hydrogen) atoms. The highest BCUT2D eigenvalue weighted by Gasteiger charge is 2.19. The van der Waals surface area contributed by atoms with Gasteiger partial charge in [0.25, 0.3) is 0 Å². The van der Waals surface area contributed by atoms with Crippen molar-refractivity contribution in [3.63, 3.8) is 0 Å². The maximum Gasteiger partial charge on any atom is 0.314 e. The number of unbranched alkanes of at least 4 members (excludes halogenated alkanes) is 2. The van der Waals surface area contributed by atoms with Gasteiger partial charge >= 0.3 is 12.0 Å². The Labute approximate surface area is 108 Å². The molecule has 5 nitrogen and oxygen atoms in total. The summed E-state index contributed by atoms with van der Waals surface area (Å²) in [4.78, 5) is 21.6. The van der Waals surface area contributed by atoms with Gasteiger partial charge in [0.2, 0.25) is 0 Å². The van der Waals surface area contributed by atoms with Gasteiger partial charge in [-0.3, -0.25) is 4.79 Å². The maximum absolute atomic E-state index is 11.3. The molecule has 5 heteroatoms. The molecule has 104 valence electrons. The van der Waals surface area contributed by atoms with E-state index < -0.39 is 5.97 Å². The molecule has 1 rings (SSSR count). The number of urea groups is 1. The molecule has 0 unspecified atom stereocenters. The topological polar surface area (TPSA) is 78.4 Å². The zero-order chi connectivity index (χ0) is 13.2. The van der Waals surface area contributed by atoms with Crippen LogP contribution in [0, 0.1) is 5.92 Å². The molecule has 0 radical (unpaired) electrons. The van der Waals surface area contributed by atoms with Gasteiger partial charge in [-0.2, -0.15) is 0 Å². The zero-order valence-electron chi connectivity index (χ0n) is 10.9. The standard InChI is InChI=1S/C13H24N2O3/c16-12(17)6-2-1-3-9-14-13(18)15-10-4-5-11-7-8-11/h11H,1-10H2,(H,16,17)(H2,14,15,18). The summed E-state index contributed by atoms with van der Waals surface area (Å²) in [6, 6.07) is -0.107. The molecule has 0 atom stereocenters. The molecule has 1 aliphatic rings. The van der Waals surface area contributed by atoms with Crippen LogP contribution < -0.4 is 10.6 Å². The Balaban J connectivity index is 1.79. The van der Waals surface area contributed by atoms with E-state index in [0.29, 0.717) is 13.0 Å². The second-order valence-electron chi connectivity index (χ2n) is 4.97. The van der Waals surface area contributed by atoms with E-state index in [4.69, 9.17) is 5.11 Å². The van der Waals surface area contributed by atoms with Crippen molar-refractivity contribution < 1.29 is 14.7 Å². The molecule has 0 aromatic rings. The number of carboxylic acids is 1. The lowest BCUT2D eigenvalue weighted by atomic mass is 10.2. The largest absolute Gasteiger partial charge is 0.481 e. The number of hydrogen-bond donors (Lipinski definition) is 3. The number of nitrogens with one attached hydrogen (secondary N) is 2. The van der Waals surface area contributed by atoms with E-state index in [2.05, 4.69) is 10.6 Å². The molecule has 2 amide bonds. The molecule has 1 fully saturated rings. The maximum atomic E-state index is 11.3. The van der Waals surface area contributed by atoms with Gasteiger partial charge in [-0.1, -0.05) is 19.3 Å². The lowest BCUT2D eigenvalue weighted by Crippen LogP contribution is -2.36. The number of hydrogen-bond acceptors (Lipinski definition) is 2. The summed E-state index contributed by atoms with van der Waals surface area (Å²) >= 11 is 0. The number of aliphatic carboxylic acids is 1. The Kier molecular flexibility index (Phi) is 7.22. The number of carbonyl (C=O) groups excluding carboxylic acids is 1. The normalized spacial score (nSPS) is 14.2. The number of amides is 2. The van der Waals surface area contributed by atoms with Crippen LogP contribution in [0.15, 0.2) is 0 Å². The fraction of sp³-hybridized carbons (Fsp3) is 0.846. The van der Waals surface area contributed by atoms with Crippen LogP contribution in [0.4, 0.5) is 4.79 Å². The molecule has 0 saturated heterocycles. The van der Waals surface area contributed by atoms with Crippen LogP contribution >= 0.6 is 0 Å². The van der Waals surface area contributed by atoms with Crippen molar-refractivity contribution in [3.05, 3.63) is 0 Å². The van der Waals surface area contributed by atoms with E-state index in [1.807, 2.05) is 0 Å². The molecule has 3 N–H and O–H groups in total. The first kappa shape index (κ1) is 14.8. The molecule has 0 aliphatic heterocycles. The molecule has 0 aromatic heterocycles. The van der Waals surface area contributed by atoms with Crippen LogP contribution in [0.3, 0.4) is 0 Å². The fourth-order valence-corrected chi connectivity index (χ4v) is 1.84. The van der Waals surface area contributed by atoms with Crippen molar-refractivity contribution in [3.8, 4) is 0 Å². The van der Waals surface area contributed by atoms with Crippen LogP contribution in [0.25, 0.3) is 0 Å². The van der Waals surface area contributed by atoms with E-state index in [9.17, 15) is 9.59 Å². The van der Waals surface area contributed by atoms with E-state index in [1.165, 1.54) is 19.3 Å². The highest BCUT2D eigenvalue weighted by atomic mass is 16.4. The lowest BCUT2D eigenvalue weighted by molar-refractivity contribution is -0.137. The zero-order valence-corrected chi connectivity index (χ0v) is 10.9. The molecular weight excluding hydrogens is 232 g/mol. The van der Waals surface area contributed by atoms with Crippen LogP contribution in [0.1, 0.15) is 51.4 Å². The van der Waals surface area contributed by atoms with Crippen LogP contribution in [-0.2, 0) is 4.79 Å². The predicted octanol–water partition coefficient (Wildman–Crippen LogP) is 2.12. The third-order valence-electron chi connectivity index (χ3n) is 3.12. The number of carboxylic acid groups (broad SMARTS) is 1. The molecule has 0 heterocycles. The molecule has 0 bridgehead atoms. The monoisotopic (exact) mass is 256 g/mol. The molecule has 1 saturated carbocycles. The van der Waals surface area contributed by atoms with Crippen LogP contribution in [-0.4, -0.2) is 30.2 Å². The molecular formula is C13H24N2O3. The number of carbonyl (C=O) groups is 2. The summed E-state index contributed by atoms with van der Waals surface area (Å²) in [5, 5.41) is 14.1. The summed E-state index contributed by atoms with van der Waals surface area (Å²) in [5.74, 6) is 0.167. The minimum absolute atomic E-state index is 0.107. The molecule has 0 spiro atoms. The van der Waals surface area contributed by atoms with Crippen molar-refractivity contribution in [2.45, 2.75) is 51.4 Å². The van der Waals surface area contributed by atoms with E-state index in [1.54, 1.807) is 0 Å². The third-order valence-corrected chi connectivity index (χ3v) is 3.12. The molecule has 1 aliphatic carbocycles. The SMILES string of the molecule is O=C(O)CCCCCNC(=O)NCCCC1CC1. The van der Waals surface area contributed by atoms with Crippen LogP contribution in [0.2, 0.25) is 0 Å². The second-order valence-corrected chi connectivity index (χ2v) is 4.97. The number of rotatable bonds is 10. The van der Waals surface area contributed by atoms with Gasteiger partial charge in [0.15, 0.2) is 0 Å². The first-order chi connectivity index (χ1) is 8.68. The van der Waals surface area contributed by atoms with Gasteiger partial charge in [0.05, 0.1) is 0 Å². The van der Waals surface area contributed by atoms with Gasteiger partial charge in [-0.05, 0) is 31.6 Å². The third kappa shape index (κ3) is 8.84. The fourth-order valence-electron chi connectivity index (χ4n) is 1.84. The Morgan fingerprint density at radius 3 is 2.28 bits per heavy atom. The predicted molar refractivity (Wildman–Crippen MR) is 69.5 cm³/mol. The Hall–Kier alpha value is -1.26.